The van der Waals surface area contributed by atoms with E-state index in [0.717, 1.165) is 4.47 Å². The smallest absolute Gasteiger partial charge is 0.250 e. The number of carbonyl (C=O) groups excluding carboxylic acids is 1. The van der Waals surface area contributed by atoms with Crippen LogP contribution in [0, 0.1) is 0 Å². The van der Waals surface area contributed by atoms with Gasteiger partial charge in [0, 0.05) is 22.2 Å². The Morgan fingerprint density at radius 1 is 1.50 bits per heavy atom. The highest BCUT2D eigenvalue weighted by Gasteiger charge is 2.13. The van der Waals surface area contributed by atoms with Crippen LogP contribution in [0.2, 0.25) is 0 Å². The van der Waals surface area contributed by atoms with Gasteiger partial charge in [-0.05, 0) is 32.0 Å². The number of rotatable bonds is 4. The van der Waals surface area contributed by atoms with E-state index in [-0.39, 0.29) is 5.54 Å². The van der Waals surface area contributed by atoms with E-state index in [1.54, 1.807) is 12.1 Å². The van der Waals surface area contributed by atoms with Gasteiger partial charge in [-0.2, -0.15) is 0 Å². The summed E-state index contributed by atoms with van der Waals surface area (Å²) in [6.07, 6.45) is 0. The average Bonchev–Trinajstić information content (AvgIpc) is 2.14. The molecule has 0 heterocycles. The van der Waals surface area contributed by atoms with E-state index in [4.69, 9.17) is 11.5 Å². The number of halogens is 1. The number of carbonyl (C=O) groups is 1. The number of hydrogen-bond donors (Lipinski definition) is 3. The van der Waals surface area contributed by atoms with Crippen molar-refractivity contribution in [1.82, 2.24) is 0 Å². The second kappa shape index (κ2) is 4.84. The van der Waals surface area contributed by atoms with Crippen molar-refractivity contribution in [1.29, 1.82) is 0 Å². The summed E-state index contributed by atoms with van der Waals surface area (Å²) in [5.74, 6) is -0.460. The van der Waals surface area contributed by atoms with E-state index in [9.17, 15) is 4.79 Å². The van der Waals surface area contributed by atoms with Crippen LogP contribution in [-0.4, -0.2) is 18.0 Å². The van der Waals surface area contributed by atoms with Crippen molar-refractivity contribution in [2.75, 3.05) is 11.9 Å². The molecule has 1 aromatic carbocycles. The summed E-state index contributed by atoms with van der Waals surface area (Å²) in [5.41, 5.74) is 12.0. The van der Waals surface area contributed by atoms with Crippen molar-refractivity contribution < 1.29 is 4.79 Å². The van der Waals surface area contributed by atoms with Gasteiger partial charge >= 0.3 is 0 Å². The molecule has 5 heteroatoms. The number of primary amides is 1. The third kappa shape index (κ3) is 3.83. The normalized spacial score (nSPS) is 11.2. The van der Waals surface area contributed by atoms with Gasteiger partial charge in [0.2, 0.25) is 0 Å². The molecular formula is C11H16BrN3O. The number of nitrogens with one attached hydrogen (secondary N) is 1. The third-order valence-corrected chi connectivity index (χ3v) is 2.47. The first-order chi connectivity index (χ1) is 7.29. The highest BCUT2D eigenvalue weighted by atomic mass is 79.9. The highest BCUT2D eigenvalue weighted by Crippen LogP contribution is 2.21. The number of anilines is 1. The van der Waals surface area contributed by atoms with E-state index >= 15 is 0 Å². The molecule has 0 saturated heterocycles. The van der Waals surface area contributed by atoms with Gasteiger partial charge in [-0.1, -0.05) is 15.9 Å². The third-order valence-electron chi connectivity index (χ3n) is 1.98. The largest absolute Gasteiger partial charge is 0.383 e. The predicted octanol–water partition coefficient (Wildman–Crippen LogP) is 1.70. The fourth-order valence-corrected chi connectivity index (χ4v) is 1.56. The van der Waals surface area contributed by atoms with Crippen molar-refractivity contribution in [3.8, 4) is 0 Å². The highest BCUT2D eigenvalue weighted by molar-refractivity contribution is 9.10. The van der Waals surface area contributed by atoms with Crippen LogP contribution < -0.4 is 16.8 Å². The van der Waals surface area contributed by atoms with Crippen LogP contribution in [-0.2, 0) is 0 Å². The second-order valence-corrected chi connectivity index (χ2v) is 5.31. The maximum absolute atomic E-state index is 11.2. The monoisotopic (exact) mass is 285 g/mol. The number of amides is 1. The minimum atomic E-state index is -0.460. The zero-order valence-electron chi connectivity index (χ0n) is 9.38. The summed E-state index contributed by atoms with van der Waals surface area (Å²) in [4.78, 5) is 11.2. The van der Waals surface area contributed by atoms with E-state index in [0.29, 0.717) is 17.8 Å². The Hall–Kier alpha value is -1.07. The van der Waals surface area contributed by atoms with Gasteiger partial charge in [0.15, 0.2) is 0 Å². The van der Waals surface area contributed by atoms with Crippen molar-refractivity contribution in [3.05, 3.63) is 28.2 Å². The van der Waals surface area contributed by atoms with Crippen molar-refractivity contribution in [3.63, 3.8) is 0 Å². The molecule has 1 rings (SSSR count). The SMILES string of the molecule is CC(C)(N)CNc1ccc(Br)cc1C(N)=O. The lowest BCUT2D eigenvalue weighted by atomic mass is 10.1. The molecule has 1 aromatic rings. The van der Waals surface area contributed by atoms with E-state index in [2.05, 4.69) is 21.2 Å². The van der Waals surface area contributed by atoms with Crippen LogP contribution in [0.3, 0.4) is 0 Å². The molecule has 0 fully saturated rings. The summed E-state index contributed by atoms with van der Waals surface area (Å²) in [6.45, 7) is 4.38. The van der Waals surface area contributed by atoms with Gasteiger partial charge < -0.3 is 16.8 Å². The molecule has 1 amide bonds. The van der Waals surface area contributed by atoms with E-state index < -0.39 is 5.91 Å². The van der Waals surface area contributed by atoms with Crippen LogP contribution in [0.5, 0.6) is 0 Å². The van der Waals surface area contributed by atoms with Crippen LogP contribution in [0.1, 0.15) is 24.2 Å². The number of benzene rings is 1. The van der Waals surface area contributed by atoms with Crippen molar-refractivity contribution in [2.45, 2.75) is 19.4 Å². The van der Waals surface area contributed by atoms with Gasteiger partial charge in [-0.15, -0.1) is 0 Å². The van der Waals surface area contributed by atoms with Crippen molar-refractivity contribution in [2.24, 2.45) is 11.5 Å². The first-order valence-electron chi connectivity index (χ1n) is 4.92. The molecular weight excluding hydrogens is 270 g/mol. The maximum atomic E-state index is 11.2. The number of hydrogen-bond acceptors (Lipinski definition) is 3. The Bertz CT molecular complexity index is 399. The topological polar surface area (TPSA) is 81.1 Å². The minimum Gasteiger partial charge on any atom is -0.383 e. The molecule has 16 heavy (non-hydrogen) atoms. The van der Waals surface area contributed by atoms with Gasteiger partial charge in [0.05, 0.1) is 5.56 Å². The summed E-state index contributed by atoms with van der Waals surface area (Å²) in [6, 6.07) is 5.34. The molecule has 0 atom stereocenters. The Morgan fingerprint density at radius 2 is 2.12 bits per heavy atom. The Labute approximate surface area is 104 Å². The fraction of sp³-hybridized carbons (Fsp3) is 0.364. The summed E-state index contributed by atoms with van der Waals surface area (Å²) in [5, 5.41) is 3.12. The summed E-state index contributed by atoms with van der Waals surface area (Å²) >= 11 is 3.29. The van der Waals surface area contributed by atoms with Crippen LogP contribution in [0.15, 0.2) is 22.7 Å². The van der Waals surface area contributed by atoms with E-state index in [1.807, 2.05) is 19.9 Å². The van der Waals surface area contributed by atoms with Gasteiger partial charge in [-0.3, -0.25) is 4.79 Å². The molecule has 0 aliphatic carbocycles. The molecule has 0 radical (unpaired) electrons. The van der Waals surface area contributed by atoms with Gasteiger partial charge in [0.1, 0.15) is 0 Å². The molecule has 0 aromatic heterocycles. The minimum absolute atomic E-state index is 0.345. The van der Waals surface area contributed by atoms with Gasteiger partial charge in [-0.25, -0.2) is 0 Å². The Morgan fingerprint density at radius 3 is 2.62 bits per heavy atom. The molecule has 0 aliphatic rings. The van der Waals surface area contributed by atoms with Gasteiger partial charge in [0.25, 0.3) is 5.91 Å². The van der Waals surface area contributed by atoms with Crippen LogP contribution in [0.25, 0.3) is 0 Å². The first-order valence-corrected chi connectivity index (χ1v) is 5.71. The molecule has 4 nitrogen and oxygen atoms in total. The fourth-order valence-electron chi connectivity index (χ4n) is 1.20. The lowest BCUT2D eigenvalue weighted by molar-refractivity contribution is 0.100. The summed E-state index contributed by atoms with van der Waals surface area (Å²) in [7, 11) is 0. The van der Waals surface area contributed by atoms with Crippen LogP contribution in [0.4, 0.5) is 5.69 Å². The molecule has 0 unspecified atom stereocenters. The predicted molar refractivity (Wildman–Crippen MR) is 69.4 cm³/mol. The maximum Gasteiger partial charge on any atom is 0.250 e. The number of nitrogens with two attached hydrogens (primary N) is 2. The van der Waals surface area contributed by atoms with Crippen LogP contribution >= 0.6 is 15.9 Å². The lowest BCUT2D eigenvalue weighted by Crippen LogP contribution is -2.39. The molecule has 88 valence electrons. The molecule has 0 spiro atoms. The first kappa shape index (κ1) is 13.0. The zero-order chi connectivity index (χ0) is 12.3. The van der Waals surface area contributed by atoms with Crippen molar-refractivity contribution >= 4 is 27.5 Å². The molecule has 0 saturated carbocycles. The second-order valence-electron chi connectivity index (χ2n) is 4.40. The molecule has 0 aliphatic heterocycles. The lowest BCUT2D eigenvalue weighted by Gasteiger charge is -2.20. The quantitative estimate of drug-likeness (QED) is 0.788. The molecule has 5 N–H and O–H groups in total. The summed E-state index contributed by atoms with van der Waals surface area (Å²) < 4.78 is 0.818. The molecule has 0 bridgehead atoms. The van der Waals surface area contributed by atoms with E-state index in [1.165, 1.54) is 0 Å². The Balaban J connectivity index is 2.91. The average molecular weight is 286 g/mol. The standard InChI is InChI=1S/C11H16BrN3O/c1-11(2,14)6-15-9-4-3-7(12)5-8(9)10(13)16/h3-5,15H,6,14H2,1-2H3,(H2,13,16). The zero-order valence-corrected chi connectivity index (χ0v) is 11.0. The Kier molecular flexibility index (Phi) is 3.93.